The van der Waals surface area contributed by atoms with E-state index in [9.17, 15) is 4.79 Å². The van der Waals surface area contributed by atoms with Crippen molar-refractivity contribution in [3.05, 3.63) is 71.7 Å². The number of pyridine rings is 2. The fourth-order valence-corrected chi connectivity index (χ4v) is 3.28. The van der Waals surface area contributed by atoms with Gasteiger partial charge in [-0.15, -0.1) is 6.58 Å². The summed E-state index contributed by atoms with van der Waals surface area (Å²) in [5.41, 5.74) is 2.30. The highest BCUT2D eigenvalue weighted by Gasteiger charge is 2.12. The van der Waals surface area contributed by atoms with Crippen LogP contribution in [0.5, 0.6) is 5.75 Å². The van der Waals surface area contributed by atoms with E-state index in [1.165, 1.54) is 0 Å². The minimum absolute atomic E-state index is 0.00132. The standard InChI is InChI=1S/C23H26N2O2/c1-3-5-6-7-8-15-25-22-19(12-10-14-24-22)17-21(23(25)26)18-11-9-13-20(16-18)27-4-2/h3,9-14,16-17H,1,4-8,15H2,2H3. The first-order valence-corrected chi connectivity index (χ1v) is 9.57. The van der Waals surface area contributed by atoms with E-state index in [4.69, 9.17) is 4.74 Å². The Morgan fingerprint density at radius 1 is 1.15 bits per heavy atom. The molecule has 0 bridgehead atoms. The molecule has 1 aromatic carbocycles. The predicted molar refractivity (Wildman–Crippen MR) is 111 cm³/mol. The predicted octanol–water partition coefficient (Wildman–Crippen LogP) is 5.21. The van der Waals surface area contributed by atoms with Crippen LogP contribution in [0.15, 0.2) is 66.1 Å². The van der Waals surface area contributed by atoms with Crippen molar-refractivity contribution in [1.82, 2.24) is 9.55 Å². The average Bonchev–Trinajstić information content (AvgIpc) is 2.69. The molecule has 0 saturated carbocycles. The summed E-state index contributed by atoms with van der Waals surface area (Å²) in [7, 11) is 0. The summed E-state index contributed by atoms with van der Waals surface area (Å²) in [6.07, 6.45) is 7.80. The topological polar surface area (TPSA) is 44.1 Å². The van der Waals surface area contributed by atoms with E-state index in [2.05, 4.69) is 11.6 Å². The third kappa shape index (κ3) is 4.45. The summed E-state index contributed by atoms with van der Waals surface area (Å²) in [5, 5.41) is 0.972. The number of rotatable bonds is 9. The average molecular weight is 362 g/mol. The lowest BCUT2D eigenvalue weighted by atomic mass is 10.1. The zero-order valence-corrected chi connectivity index (χ0v) is 15.9. The van der Waals surface area contributed by atoms with Gasteiger partial charge in [0.2, 0.25) is 0 Å². The highest BCUT2D eigenvalue weighted by molar-refractivity contribution is 5.81. The van der Waals surface area contributed by atoms with Crippen molar-refractivity contribution < 1.29 is 4.74 Å². The number of nitrogens with zero attached hydrogens (tertiary/aromatic N) is 2. The van der Waals surface area contributed by atoms with Crippen LogP contribution >= 0.6 is 0 Å². The van der Waals surface area contributed by atoms with E-state index in [-0.39, 0.29) is 5.56 Å². The molecule has 0 aliphatic heterocycles. The van der Waals surface area contributed by atoms with Crippen LogP contribution in [0.3, 0.4) is 0 Å². The van der Waals surface area contributed by atoms with Crippen LogP contribution < -0.4 is 10.3 Å². The fourth-order valence-electron chi connectivity index (χ4n) is 3.28. The van der Waals surface area contributed by atoms with Crippen molar-refractivity contribution in [3.63, 3.8) is 0 Å². The number of hydrogen-bond donors (Lipinski definition) is 0. The van der Waals surface area contributed by atoms with Gasteiger partial charge in [-0.25, -0.2) is 4.98 Å². The SMILES string of the molecule is C=CCCCCCn1c(=O)c(-c2cccc(OCC)c2)cc2cccnc21. The van der Waals surface area contributed by atoms with Gasteiger partial charge in [0.1, 0.15) is 11.4 Å². The van der Waals surface area contributed by atoms with Crippen LogP contribution in [0.1, 0.15) is 32.6 Å². The molecule has 140 valence electrons. The lowest BCUT2D eigenvalue weighted by molar-refractivity contribution is 0.340. The zero-order chi connectivity index (χ0) is 19.1. The maximum absolute atomic E-state index is 13.2. The highest BCUT2D eigenvalue weighted by Crippen LogP contribution is 2.24. The molecule has 0 aliphatic rings. The monoisotopic (exact) mass is 362 g/mol. The Kier molecular flexibility index (Phi) is 6.42. The van der Waals surface area contributed by atoms with Gasteiger partial charge in [0, 0.05) is 23.7 Å². The number of unbranched alkanes of at least 4 members (excludes halogenated alkanes) is 3. The molecule has 3 aromatic rings. The molecule has 0 amide bonds. The molecule has 3 rings (SSSR count). The van der Waals surface area contributed by atoms with E-state index in [0.29, 0.717) is 18.7 Å². The number of hydrogen-bond acceptors (Lipinski definition) is 3. The largest absolute Gasteiger partial charge is 0.494 e. The van der Waals surface area contributed by atoms with Crippen molar-refractivity contribution in [2.75, 3.05) is 6.61 Å². The molecule has 2 aromatic heterocycles. The van der Waals surface area contributed by atoms with Gasteiger partial charge in [-0.2, -0.15) is 0 Å². The maximum Gasteiger partial charge on any atom is 0.260 e. The number of ether oxygens (including phenoxy) is 1. The third-order valence-corrected chi connectivity index (χ3v) is 4.59. The molecule has 0 aliphatic carbocycles. The Hall–Kier alpha value is -2.88. The molecule has 4 heteroatoms. The normalized spacial score (nSPS) is 10.9. The summed E-state index contributed by atoms with van der Waals surface area (Å²) in [6.45, 7) is 6.98. The van der Waals surface area contributed by atoms with Crippen LogP contribution in [0.25, 0.3) is 22.2 Å². The molecule has 27 heavy (non-hydrogen) atoms. The molecule has 0 atom stereocenters. The van der Waals surface area contributed by atoms with Crippen LogP contribution in [0.4, 0.5) is 0 Å². The van der Waals surface area contributed by atoms with E-state index in [1.807, 2.05) is 60.0 Å². The summed E-state index contributed by atoms with van der Waals surface area (Å²) in [4.78, 5) is 17.7. The minimum Gasteiger partial charge on any atom is -0.494 e. The van der Waals surface area contributed by atoms with E-state index in [0.717, 1.165) is 48.0 Å². The lowest BCUT2D eigenvalue weighted by Gasteiger charge is -2.13. The minimum atomic E-state index is -0.00132. The Morgan fingerprint density at radius 3 is 2.85 bits per heavy atom. The van der Waals surface area contributed by atoms with Crippen LogP contribution in [-0.4, -0.2) is 16.2 Å². The van der Waals surface area contributed by atoms with E-state index in [1.54, 1.807) is 6.20 Å². The molecule has 0 unspecified atom stereocenters. The quantitative estimate of drug-likeness (QED) is 0.388. The van der Waals surface area contributed by atoms with Crippen LogP contribution in [0.2, 0.25) is 0 Å². The molecule has 0 spiro atoms. The van der Waals surface area contributed by atoms with E-state index < -0.39 is 0 Å². The van der Waals surface area contributed by atoms with Gasteiger partial charge in [-0.05, 0) is 62.1 Å². The van der Waals surface area contributed by atoms with Crippen molar-refractivity contribution in [3.8, 4) is 16.9 Å². The smallest absolute Gasteiger partial charge is 0.260 e. The number of benzene rings is 1. The van der Waals surface area contributed by atoms with Gasteiger partial charge < -0.3 is 4.74 Å². The Labute approximate surface area is 160 Å². The summed E-state index contributed by atoms with van der Waals surface area (Å²) in [5.74, 6) is 0.775. The molecular weight excluding hydrogens is 336 g/mol. The molecule has 2 heterocycles. The van der Waals surface area contributed by atoms with Crippen LogP contribution in [-0.2, 0) is 6.54 Å². The van der Waals surface area contributed by atoms with Crippen molar-refractivity contribution in [1.29, 1.82) is 0 Å². The lowest BCUT2D eigenvalue weighted by Crippen LogP contribution is -2.23. The summed E-state index contributed by atoms with van der Waals surface area (Å²) in [6, 6.07) is 13.6. The van der Waals surface area contributed by atoms with Gasteiger partial charge in [0.15, 0.2) is 0 Å². The van der Waals surface area contributed by atoms with Crippen molar-refractivity contribution in [2.24, 2.45) is 0 Å². The second kappa shape index (κ2) is 9.17. The fraction of sp³-hybridized carbons (Fsp3) is 0.304. The number of aryl methyl sites for hydroxylation is 1. The Morgan fingerprint density at radius 2 is 2.04 bits per heavy atom. The molecule has 0 saturated heterocycles. The van der Waals surface area contributed by atoms with Crippen molar-refractivity contribution >= 4 is 11.0 Å². The second-order valence-corrected chi connectivity index (χ2v) is 6.53. The summed E-state index contributed by atoms with van der Waals surface area (Å²) >= 11 is 0. The molecular formula is C23H26N2O2. The van der Waals surface area contributed by atoms with Crippen molar-refractivity contribution in [2.45, 2.75) is 39.2 Å². The highest BCUT2D eigenvalue weighted by atomic mass is 16.5. The molecule has 0 radical (unpaired) electrons. The molecule has 4 nitrogen and oxygen atoms in total. The Bertz CT molecular complexity index is 976. The first kappa shape index (κ1) is 18.9. The Balaban J connectivity index is 2.01. The molecule has 0 N–H and O–H groups in total. The van der Waals surface area contributed by atoms with Gasteiger partial charge >= 0.3 is 0 Å². The number of aromatic nitrogens is 2. The van der Waals surface area contributed by atoms with E-state index >= 15 is 0 Å². The zero-order valence-electron chi connectivity index (χ0n) is 15.9. The first-order chi connectivity index (χ1) is 13.2. The van der Waals surface area contributed by atoms with Crippen LogP contribution in [0, 0.1) is 0 Å². The van der Waals surface area contributed by atoms with Gasteiger partial charge in [0.05, 0.1) is 6.61 Å². The first-order valence-electron chi connectivity index (χ1n) is 9.57. The molecule has 0 fully saturated rings. The summed E-state index contributed by atoms with van der Waals surface area (Å²) < 4.78 is 7.41. The van der Waals surface area contributed by atoms with Gasteiger partial charge in [0.25, 0.3) is 5.56 Å². The number of allylic oxidation sites excluding steroid dienone is 1. The van der Waals surface area contributed by atoms with Gasteiger partial charge in [-0.1, -0.05) is 24.6 Å². The maximum atomic E-state index is 13.2. The van der Waals surface area contributed by atoms with Gasteiger partial charge in [-0.3, -0.25) is 9.36 Å². The third-order valence-electron chi connectivity index (χ3n) is 4.59. The number of fused-ring (bicyclic) bond motifs is 1. The second-order valence-electron chi connectivity index (χ2n) is 6.53.